The van der Waals surface area contributed by atoms with E-state index < -0.39 is 0 Å². The monoisotopic (exact) mass is 177 g/mol. The van der Waals surface area contributed by atoms with E-state index in [9.17, 15) is 0 Å². The summed E-state index contributed by atoms with van der Waals surface area (Å²) < 4.78 is 0. The molecule has 0 saturated carbocycles. The van der Waals surface area contributed by atoms with Gasteiger partial charge in [-0.05, 0) is 17.5 Å². The average molecular weight is 177 g/mol. The van der Waals surface area contributed by atoms with Crippen molar-refractivity contribution in [2.75, 3.05) is 6.67 Å². The van der Waals surface area contributed by atoms with Gasteiger partial charge in [-0.3, -0.25) is 5.32 Å². The van der Waals surface area contributed by atoms with Gasteiger partial charge in [0.2, 0.25) is 0 Å². The Labute approximate surface area is 78.5 Å². The molecule has 0 aliphatic carbocycles. The van der Waals surface area contributed by atoms with E-state index in [4.69, 9.17) is 0 Å². The van der Waals surface area contributed by atoms with E-state index in [1.165, 1.54) is 11.1 Å². The number of rotatable bonds is 2. The van der Waals surface area contributed by atoms with Gasteiger partial charge >= 0.3 is 0 Å². The van der Waals surface area contributed by atoms with Gasteiger partial charge in [-0.15, -0.1) is 0 Å². The first-order valence-corrected chi connectivity index (χ1v) is 4.71. The number of nitrogens with one attached hydrogen (secondary N) is 3. The Hall–Kier alpha value is -0.900. The van der Waals surface area contributed by atoms with E-state index in [2.05, 4.69) is 47.4 Å². The quantitative estimate of drug-likeness (QED) is 0.628. The summed E-state index contributed by atoms with van der Waals surface area (Å²) in [6.45, 7) is 2.99. The van der Waals surface area contributed by atoms with Crippen LogP contribution in [0, 0.1) is 0 Å². The SMILES string of the molecule is CCc1ccc(C2NCNN2)cc1. The Bertz CT molecular complexity index is 262. The zero-order valence-corrected chi connectivity index (χ0v) is 7.80. The van der Waals surface area contributed by atoms with Gasteiger partial charge in [-0.25, -0.2) is 10.9 Å². The number of hydrogen-bond donors (Lipinski definition) is 3. The largest absolute Gasteiger partial charge is 0.283 e. The zero-order chi connectivity index (χ0) is 9.10. The van der Waals surface area contributed by atoms with Crippen LogP contribution in [0.15, 0.2) is 24.3 Å². The normalized spacial score (nSPS) is 22.1. The minimum atomic E-state index is 0.255. The van der Waals surface area contributed by atoms with Crippen LogP contribution in [0.2, 0.25) is 0 Å². The van der Waals surface area contributed by atoms with Crippen LogP contribution in [-0.4, -0.2) is 6.67 Å². The standard InChI is InChI=1S/C10H15N3/c1-2-8-3-5-9(6-4-8)10-11-7-12-13-10/h3-6,10-13H,2,7H2,1H3. The maximum atomic E-state index is 3.29. The summed E-state index contributed by atoms with van der Waals surface area (Å²) in [5.41, 5.74) is 8.85. The van der Waals surface area contributed by atoms with Crippen molar-refractivity contribution >= 4 is 0 Å². The zero-order valence-electron chi connectivity index (χ0n) is 7.80. The van der Waals surface area contributed by atoms with Gasteiger partial charge in [0.1, 0.15) is 0 Å². The number of hydrazine groups is 1. The molecule has 3 heteroatoms. The molecule has 1 fully saturated rings. The number of hydrogen-bond acceptors (Lipinski definition) is 3. The van der Waals surface area contributed by atoms with Crippen molar-refractivity contribution < 1.29 is 0 Å². The van der Waals surface area contributed by atoms with Crippen LogP contribution in [-0.2, 0) is 6.42 Å². The maximum Gasteiger partial charge on any atom is 0.0973 e. The van der Waals surface area contributed by atoms with E-state index in [0.29, 0.717) is 0 Å². The summed E-state index contributed by atoms with van der Waals surface area (Å²) in [5.74, 6) is 0. The summed E-state index contributed by atoms with van der Waals surface area (Å²) in [4.78, 5) is 0. The summed E-state index contributed by atoms with van der Waals surface area (Å²) in [6.07, 6.45) is 1.36. The molecule has 1 unspecified atom stereocenters. The molecule has 1 saturated heterocycles. The lowest BCUT2D eigenvalue weighted by Crippen LogP contribution is -2.25. The fourth-order valence-corrected chi connectivity index (χ4v) is 1.50. The number of aryl methyl sites for hydroxylation is 1. The van der Waals surface area contributed by atoms with Crippen LogP contribution in [0.5, 0.6) is 0 Å². The lowest BCUT2D eigenvalue weighted by Gasteiger charge is -2.10. The van der Waals surface area contributed by atoms with Crippen molar-refractivity contribution in [1.29, 1.82) is 0 Å². The molecule has 70 valence electrons. The van der Waals surface area contributed by atoms with Gasteiger partial charge in [-0.1, -0.05) is 31.2 Å². The average Bonchev–Trinajstić information content (AvgIpc) is 2.71. The van der Waals surface area contributed by atoms with Crippen LogP contribution in [0.25, 0.3) is 0 Å². The third-order valence-corrected chi connectivity index (χ3v) is 2.36. The summed E-state index contributed by atoms with van der Waals surface area (Å²) in [5, 5.41) is 3.29. The molecule has 2 rings (SSSR count). The highest BCUT2D eigenvalue weighted by molar-refractivity contribution is 5.24. The molecule has 1 aromatic rings. The van der Waals surface area contributed by atoms with Crippen molar-refractivity contribution in [3.05, 3.63) is 35.4 Å². The smallest absolute Gasteiger partial charge is 0.0973 e. The third-order valence-electron chi connectivity index (χ3n) is 2.36. The van der Waals surface area contributed by atoms with Gasteiger partial charge in [0.25, 0.3) is 0 Å². The van der Waals surface area contributed by atoms with E-state index in [0.717, 1.165) is 13.1 Å². The third kappa shape index (κ3) is 1.88. The molecule has 1 aliphatic heterocycles. The predicted octanol–water partition coefficient (Wildman–Crippen LogP) is 0.902. The molecule has 0 bridgehead atoms. The Morgan fingerprint density at radius 3 is 2.62 bits per heavy atom. The van der Waals surface area contributed by atoms with Crippen molar-refractivity contribution in [2.45, 2.75) is 19.5 Å². The molecule has 13 heavy (non-hydrogen) atoms. The van der Waals surface area contributed by atoms with Crippen LogP contribution in [0.3, 0.4) is 0 Å². The summed E-state index contributed by atoms with van der Waals surface area (Å²) >= 11 is 0. The van der Waals surface area contributed by atoms with Crippen LogP contribution in [0.4, 0.5) is 0 Å². The van der Waals surface area contributed by atoms with Crippen molar-refractivity contribution in [2.24, 2.45) is 0 Å². The van der Waals surface area contributed by atoms with Crippen molar-refractivity contribution in [1.82, 2.24) is 16.2 Å². The number of benzene rings is 1. The second-order valence-corrected chi connectivity index (χ2v) is 3.23. The van der Waals surface area contributed by atoms with Gasteiger partial charge in [-0.2, -0.15) is 0 Å². The van der Waals surface area contributed by atoms with Crippen LogP contribution < -0.4 is 16.2 Å². The van der Waals surface area contributed by atoms with Crippen LogP contribution in [0.1, 0.15) is 24.2 Å². The van der Waals surface area contributed by atoms with Gasteiger partial charge < -0.3 is 0 Å². The second-order valence-electron chi connectivity index (χ2n) is 3.23. The van der Waals surface area contributed by atoms with E-state index in [-0.39, 0.29) is 6.17 Å². The highest BCUT2D eigenvalue weighted by Gasteiger charge is 2.13. The van der Waals surface area contributed by atoms with E-state index in [1.807, 2.05) is 0 Å². The maximum absolute atomic E-state index is 3.29. The minimum absolute atomic E-state index is 0.255. The Kier molecular flexibility index (Phi) is 2.59. The lowest BCUT2D eigenvalue weighted by atomic mass is 10.1. The van der Waals surface area contributed by atoms with Crippen LogP contribution >= 0.6 is 0 Å². The first-order valence-electron chi connectivity index (χ1n) is 4.71. The first kappa shape index (κ1) is 8.69. The molecule has 0 radical (unpaired) electrons. The highest BCUT2D eigenvalue weighted by atomic mass is 15.5. The Balaban J connectivity index is 2.12. The second kappa shape index (κ2) is 3.87. The Morgan fingerprint density at radius 2 is 2.08 bits per heavy atom. The fraction of sp³-hybridized carbons (Fsp3) is 0.400. The van der Waals surface area contributed by atoms with E-state index in [1.54, 1.807) is 0 Å². The molecular formula is C10H15N3. The molecule has 3 N–H and O–H groups in total. The molecule has 0 amide bonds. The Morgan fingerprint density at radius 1 is 1.31 bits per heavy atom. The highest BCUT2D eigenvalue weighted by Crippen LogP contribution is 2.12. The van der Waals surface area contributed by atoms with Crippen molar-refractivity contribution in [3.8, 4) is 0 Å². The summed E-state index contributed by atoms with van der Waals surface area (Å²) in [7, 11) is 0. The predicted molar refractivity (Wildman–Crippen MR) is 52.8 cm³/mol. The van der Waals surface area contributed by atoms with Crippen molar-refractivity contribution in [3.63, 3.8) is 0 Å². The summed E-state index contributed by atoms with van der Waals surface area (Å²) in [6, 6.07) is 8.68. The molecule has 3 nitrogen and oxygen atoms in total. The lowest BCUT2D eigenvalue weighted by molar-refractivity contribution is 0.554. The molecule has 0 aromatic heterocycles. The molecular weight excluding hydrogens is 162 g/mol. The molecule has 1 aliphatic rings. The minimum Gasteiger partial charge on any atom is -0.283 e. The molecule has 1 atom stereocenters. The fourth-order valence-electron chi connectivity index (χ4n) is 1.50. The van der Waals surface area contributed by atoms with E-state index >= 15 is 0 Å². The van der Waals surface area contributed by atoms with Gasteiger partial charge in [0.05, 0.1) is 12.8 Å². The topological polar surface area (TPSA) is 36.1 Å². The molecule has 1 heterocycles. The van der Waals surface area contributed by atoms with Gasteiger partial charge in [0.15, 0.2) is 0 Å². The first-order chi connectivity index (χ1) is 6.40. The molecule has 1 aromatic carbocycles. The van der Waals surface area contributed by atoms with Gasteiger partial charge in [0, 0.05) is 0 Å². The molecule has 0 spiro atoms.